The zero-order valence-electron chi connectivity index (χ0n) is 13.5. The van der Waals surface area contributed by atoms with Crippen LogP contribution >= 0.6 is 0 Å². The van der Waals surface area contributed by atoms with E-state index >= 15 is 0 Å². The number of rotatable bonds is 3. The second kappa shape index (κ2) is 6.14. The van der Waals surface area contributed by atoms with Crippen molar-refractivity contribution in [1.29, 1.82) is 0 Å². The quantitative estimate of drug-likeness (QED) is 0.810. The average molecular weight is 311 g/mol. The van der Waals surface area contributed by atoms with Gasteiger partial charge in [0.05, 0.1) is 5.41 Å². The minimum Gasteiger partial charge on any atom is -0.481 e. The van der Waals surface area contributed by atoms with Crippen molar-refractivity contribution in [3.63, 3.8) is 0 Å². The van der Waals surface area contributed by atoms with Gasteiger partial charge in [-0.1, -0.05) is 0 Å². The fourth-order valence-electron chi connectivity index (χ4n) is 3.13. The minimum absolute atomic E-state index is 0.0194. The van der Waals surface area contributed by atoms with Crippen LogP contribution in [0.15, 0.2) is 0 Å². The van der Waals surface area contributed by atoms with Gasteiger partial charge in [0.1, 0.15) is 6.04 Å². The Morgan fingerprint density at radius 2 is 1.95 bits per heavy atom. The van der Waals surface area contributed by atoms with Crippen molar-refractivity contribution < 1.29 is 19.5 Å². The van der Waals surface area contributed by atoms with Gasteiger partial charge in [-0.3, -0.25) is 9.59 Å². The molecule has 2 aliphatic heterocycles. The van der Waals surface area contributed by atoms with E-state index in [4.69, 9.17) is 0 Å². The van der Waals surface area contributed by atoms with Crippen LogP contribution in [0.4, 0.5) is 4.79 Å². The number of nitrogens with one attached hydrogen (secondary N) is 1. The Balaban J connectivity index is 2.03. The first-order valence-electron chi connectivity index (χ1n) is 7.84. The van der Waals surface area contributed by atoms with Crippen LogP contribution < -0.4 is 5.32 Å². The fraction of sp³-hybridized carbons (Fsp3) is 0.800. The molecule has 22 heavy (non-hydrogen) atoms. The molecule has 2 heterocycles. The van der Waals surface area contributed by atoms with Crippen LogP contribution in [0.5, 0.6) is 0 Å². The number of carbonyl (C=O) groups excluding carboxylic acids is 2. The third kappa shape index (κ3) is 3.18. The Morgan fingerprint density at radius 3 is 2.50 bits per heavy atom. The highest BCUT2D eigenvalue weighted by atomic mass is 16.4. The number of nitrogens with zero attached hydrogens (tertiary/aromatic N) is 2. The van der Waals surface area contributed by atoms with Gasteiger partial charge in [-0.05, 0) is 40.0 Å². The lowest BCUT2D eigenvalue weighted by molar-refractivity contribution is -0.147. The fourth-order valence-corrected chi connectivity index (χ4v) is 3.13. The zero-order valence-corrected chi connectivity index (χ0v) is 13.5. The van der Waals surface area contributed by atoms with Crippen molar-refractivity contribution in [3.05, 3.63) is 0 Å². The van der Waals surface area contributed by atoms with Gasteiger partial charge in [0, 0.05) is 25.7 Å². The van der Waals surface area contributed by atoms with Crippen LogP contribution in [-0.4, -0.2) is 64.5 Å². The predicted molar refractivity (Wildman–Crippen MR) is 80.3 cm³/mol. The average Bonchev–Trinajstić information content (AvgIpc) is 3.04. The molecule has 124 valence electrons. The molecule has 3 amide bonds. The SMILES string of the molecule is CC(C)NC(=O)N1CCC[C@H]1C(=O)N1CCC(C)(C(=O)O)C1. The molecule has 2 rings (SSSR count). The molecule has 0 aromatic heterocycles. The number of hydrogen-bond donors (Lipinski definition) is 2. The molecule has 2 fully saturated rings. The topological polar surface area (TPSA) is 90.0 Å². The molecule has 2 aliphatic rings. The smallest absolute Gasteiger partial charge is 0.318 e. The van der Waals surface area contributed by atoms with Gasteiger partial charge in [0.15, 0.2) is 0 Å². The molecule has 0 saturated carbocycles. The summed E-state index contributed by atoms with van der Waals surface area (Å²) in [5.41, 5.74) is -0.876. The molecule has 2 N–H and O–H groups in total. The summed E-state index contributed by atoms with van der Waals surface area (Å²) < 4.78 is 0. The lowest BCUT2D eigenvalue weighted by atomic mass is 9.90. The number of likely N-dealkylation sites (tertiary alicyclic amines) is 2. The number of carbonyl (C=O) groups is 3. The van der Waals surface area contributed by atoms with Crippen molar-refractivity contribution in [1.82, 2.24) is 15.1 Å². The molecule has 0 bridgehead atoms. The first-order chi connectivity index (χ1) is 10.2. The van der Waals surface area contributed by atoms with E-state index in [-0.39, 0.29) is 24.5 Å². The van der Waals surface area contributed by atoms with Crippen LogP contribution in [0.3, 0.4) is 0 Å². The molecule has 0 radical (unpaired) electrons. The maximum absolute atomic E-state index is 12.7. The third-order valence-corrected chi connectivity index (χ3v) is 4.51. The van der Waals surface area contributed by atoms with Gasteiger partial charge < -0.3 is 20.2 Å². The molecule has 7 heteroatoms. The van der Waals surface area contributed by atoms with Crippen molar-refractivity contribution in [2.75, 3.05) is 19.6 Å². The Labute approximate surface area is 130 Å². The predicted octanol–water partition coefficient (Wildman–Crippen LogP) is 0.892. The Kier molecular flexibility index (Phi) is 4.63. The summed E-state index contributed by atoms with van der Waals surface area (Å²) >= 11 is 0. The van der Waals surface area contributed by atoms with Crippen molar-refractivity contribution in [2.24, 2.45) is 5.41 Å². The molecule has 0 spiro atoms. The molecule has 0 aromatic rings. The molecule has 2 atom stereocenters. The highest BCUT2D eigenvalue weighted by Crippen LogP contribution is 2.32. The van der Waals surface area contributed by atoms with E-state index in [2.05, 4.69) is 5.32 Å². The molecule has 0 aliphatic carbocycles. The molecular formula is C15H25N3O4. The number of aliphatic carboxylic acids is 1. The van der Waals surface area contributed by atoms with Crippen LogP contribution in [0.25, 0.3) is 0 Å². The number of hydrogen-bond acceptors (Lipinski definition) is 3. The van der Waals surface area contributed by atoms with Gasteiger partial charge in [0.25, 0.3) is 0 Å². The lowest BCUT2D eigenvalue weighted by Crippen LogP contribution is -2.51. The van der Waals surface area contributed by atoms with Crippen LogP contribution in [0.1, 0.15) is 40.0 Å². The van der Waals surface area contributed by atoms with E-state index in [1.807, 2.05) is 13.8 Å². The van der Waals surface area contributed by atoms with Crippen molar-refractivity contribution >= 4 is 17.9 Å². The first-order valence-corrected chi connectivity index (χ1v) is 7.84. The van der Waals surface area contributed by atoms with Crippen molar-refractivity contribution in [2.45, 2.75) is 52.1 Å². The summed E-state index contributed by atoms with van der Waals surface area (Å²) in [5.74, 6) is -0.995. The normalized spacial score (nSPS) is 28.3. The van der Waals surface area contributed by atoms with E-state index in [0.717, 1.165) is 6.42 Å². The second-order valence-corrected chi connectivity index (χ2v) is 6.83. The Hall–Kier alpha value is -1.79. The standard InChI is InChI=1S/C15H25N3O4/c1-10(2)16-14(22)18-7-4-5-11(18)12(19)17-8-6-15(3,9-17)13(20)21/h10-11H,4-9H2,1-3H3,(H,16,22)(H,20,21)/t11-,15?/m0/s1. The molecule has 2 saturated heterocycles. The summed E-state index contributed by atoms with van der Waals surface area (Å²) in [6.07, 6.45) is 1.90. The third-order valence-electron chi connectivity index (χ3n) is 4.51. The maximum atomic E-state index is 12.7. The Morgan fingerprint density at radius 1 is 1.27 bits per heavy atom. The van der Waals surface area contributed by atoms with Gasteiger partial charge in [-0.15, -0.1) is 0 Å². The Bertz CT molecular complexity index is 479. The molecule has 0 aromatic carbocycles. The largest absolute Gasteiger partial charge is 0.481 e. The molecule has 7 nitrogen and oxygen atoms in total. The number of urea groups is 1. The van der Waals surface area contributed by atoms with E-state index in [1.165, 1.54) is 0 Å². The van der Waals surface area contributed by atoms with Gasteiger partial charge >= 0.3 is 12.0 Å². The summed E-state index contributed by atoms with van der Waals surface area (Å²) in [6, 6.07) is -0.660. The minimum atomic E-state index is -0.876. The highest BCUT2D eigenvalue weighted by Gasteiger charge is 2.45. The second-order valence-electron chi connectivity index (χ2n) is 6.83. The van der Waals surface area contributed by atoms with Crippen LogP contribution in [0.2, 0.25) is 0 Å². The number of carboxylic acid groups (broad SMARTS) is 1. The van der Waals surface area contributed by atoms with Gasteiger partial charge in [-0.25, -0.2) is 4.79 Å². The summed E-state index contributed by atoms with van der Waals surface area (Å²) in [6.45, 7) is 6.65. The number of carboxylic acids is 1. The zero-order chi connectivity index (χ0) is 16.5. The van der Waals surface area contributed by atoms with Crippen molar-refractivity contribution in [3.8, 4) is 0 Å². The molecule has 1 unspecified atom stereocenters. The van der Waals surface area contributed by atoms with E-state index < -0.39 is 17.4 Å². The van der Waals surface area contributed by atoms with Gasteiger partial charge in [-0.2, -0.15) is 0 Å². The maximum Gasteiger partial charge on any atom is 0.318 e. The van der Waals surface area contributed by atoms with E-state index in [9.17, 15) is 19.5 Å². The lowest BCUT2D eigenvalue weighted by Gasteiger charge is -2.29. The van der Waals surface area contributed by atoms with Gasteiger partial charge in [0.2, 0.25) is 5.91 Å². The van der Waals surface area contributed by atoms with E-state index in [1.54, 1.807) is 16.7 Å². The first kappa shape index (κ1) is 16.6. The highest BCUT2D eigenvalue weighted by molar-refractivity contribution is 5.88. The summed E-state index contributed by atoms with van der Waals surface area (Å²) in [5, 5.41) is 12.1. The number of amides is 3. The van der Waals surface area contributed by atoms with Crippen LogP contribution in [-0.2, 0) is 9.59 Å². The summed E-state index contributed by atoms with van der Waals surface area (Å²) in [7, 11) is 0. The summed E-state index contributed by atoms with van der Waals surface area (Å²) in [4.78, 5) is 39.3. The molecular weight excluding hydrogens is 286 g/mol. The monoisotopic (exact) mass is 311 g/mol. The van der Waals surface area contributed by atoms with Crippen LogP contribution in [0, 0.1) is 5.41 Å². The van der Waals surface area contributed by atoms with E-state index in [0.29, 0.717) is 25.9 Å².